The molecule has 0 spiro atoms. The normalized spacial score (nSPS) is 15.8. The number of anilines is 1. The van der Waals surface area contributed by atoms with Crippen molar-refractivity contribution in [1.82, 2.24) is 24.4 Å². The summed E-state index contributed by atoms with van der Waals surface area (Å²) in [4.78, 5) is 40.1. The van der Waals surface area contributed by atoms with Gasteiger partial charge < -0.3 is 10.6 Å². The standard InChI is InChI=1S/C17H20N6O2/c1-9-19-13-8-23(7-11(13)15(24)22(9)2)16(25)14-10-5-3-4-6-12(10)20-17(18)21-14/h3-8H2,1-2H3,(H2,18,20,21). The van der Waals surface area contributed by atoms with Crippen LogP contribution >= 0.6 is 0 Å². The van der Waals surface area contributed by atoms with Crippen molar-refractivity contribution in [2.75, 3.05) is 5.73 Å². The maximum atomic E-state index is 13.1. The molecule has 2 aliphatic rings. The van der Waals surface area contributed by atoms with Gasteiger partial charge in [0.1, 0.15) is 11.5 Å². The molecular formula is C17H20N6O2. The minimum absolute atomic E-state index is 0.0953. The van der Waals surface area contributed by atoms with Crippen molar-refractivity contribution < 1.29 is 4.79 Å². The molecule has 0 saturated carbocycles. The summed E-state index contributed by atoms with van der Waals surface area (Å²) < 4.78 is 1.51. The van der Waals surface area contributed by atoms with Crippen LogP contribution in [0.15, 0.2) is 4.79 Å². The van der Waals surface area contributed by atoms with Crippen LogP contribution in [0.5, 0.6) is 0 Å². The van der Waals surface area contributed by atoms with E-state index in [1.807, 2.05) is 0 Å². The maximum absolute atomic E-state index is 13.1. The predicted octanol–water partition coefficient (Wildman–Crippen LogP) is 0.496. The number of carbonyl (C=O) groups is 1. The number of amides is 1. The molecular weight excluding hydrogens is 320 g/mol. The highest BCUT2D eigenvalue weighted by atomic mass is 16.2. The maximum Gasteiger partial charge on any atom is 0.273 e. The zero-order valence-corrected chi connectivity index (χ0v) is 14.4. The van der Waals surface area contributed by atoms with Crippen molar-refractivity contribution in [2.24, 2.45) is 7.05 Å². The quantitative estimate of drug-likeness (QED) is 0.810. The fourth-order valence-electron chi connectivity index (χ4n) is 3.61. The van der Waals surface area contributed by atoms with Crippen LogP contribution in [0.1, 0.15) is 51.7 Å². The van der Waals surface area contributed by atoms with Crippen molar-refractivity contribution in [2.45, 2.75) is 45.7 Å². The van der Waals surface area contributed by atoms with Gasteiger partial charge in [-0.15, -0.1) is 0 Å². The average Bonchev–Trinajstić information content (AvgIpc) is 3.02. The summed E-state index contributed by atoms with van der Waals surface area (Å²) >= 11 is 0. The second-order valence-electron chi connectivity index (χ2n) is 6.67. The topological polar surface area (TPSA) is 107 Å². The third kappa shape index (κ3) is 2.48. The van der Waals surface area contributed by atoms with E-state index in [4.69, 9.17) is 5.73 Å². The number of rotatable bonds is 1. The molecule has 4 rings (SSSR count). The van der Waals surface area contributed by atoms with E-state index in [0.29, 0.717) is 29.3 Å². The Morgan fingerprint density at radius 1 is 1.04 bits per heavy atom. The van der Waals surface area contributed by atoms with Gasteiger partial charge in [0.05, 0.1) is 24.3 Å². The average molecular weight is 340 g/mol. The highest BCUT2D eigenvalue weighted by Gasteiger charge is 2.32. The van der Waals surface area contributed by atoms with Crippen LogP contribution in [0.3, 0.4) is 0 Å². The predicted molar refractivity (Wildman–Crippen MR) is 90.9 cm³/mol. The molecule has 130 valence electrons. The summed E-state index contributed by atoms with van der Waals surface area (Å²) in [6.07, 6.45) is 3.67. The number of nitrogens with two attached hydrogens (primary N) is 1. The summed E-state index contributed by atoms with van der Waals surface area (Å²) in [7, 11) is 1.69. The molecule has 3 heterocycles. The molecule has 2 aromatic heterocycles. The number of nitrogen functional groups attached to an aromatic ring is 1. The van der Waals surface area contributed by atoms with Crippen LogP contribution < -0.4 is 11.3 Å². The van der Waals surface area contributed by atoms with Gasteiger partial charge in [-0.25, -0.2) is 15.0 Å². The van der Waals surface area contributed by atoms with E-state index in [1.165, 1.54) is 4.57 Å². The molecule has 0 unspecified atom stereocenters. The monoisotopic (exact) mass is 340 g/mol. The van der Waals surface area contributed by atoms with E-state index in [9.17, 15) is 9.59 Å². The van der Waals surface area contributed by atoms with Crippen LogP contribution in [0.25, 0.3) is 0 Å². The van der Waals surface area contributed by atoms with Crippen LogP contribution in [0.4, 0.5) is 5.95 Å². The molecule has 1 aliphatic heterocycles. The third-order valence-electron chi connectivity index (χ3n) is 5.07. The molecule has 25 heavy (non-hydrogen) atoms. The zero-order chi connectivity index (χ0) is 17.7. The van der Waals surface area contributed by atoms with E-state index < -0.39 is 0 Å². The number of aromatic nitrogens is 4. The number of hydrogen-bond donors (Lipinski definition) is 1. The van der Waals surface area contributed by atoms with E-state index in [-0.39, 0.29) is 24.0 Å². The first kappa shape index (κ1) is 15.7. The van der Waals surface area contributed by atoms with E-state index >= 15 is 0 Å². The molecule has 0 fully saturated rings. The number of hydrogen-bond acceptors (Lipinski definition) is 6. The fourth-order valence-corrected chi connectivity index (χ4v) is 3.61. The Morgan fingerprint density at radius 3 is 2.60 bits per heavy atom. The molecule has 0 saturated heterocycles. The lowest BCUT2D eigenvalue weighted by Crippen LogP contribution is -2.30. The Kier molecular flexibility index (Phi) is 3.55. The van der Waals surface area contributed by atoms with Crippen molar-refractivity contribution >= 4 is 11.9 Å². The fraction of sp³-hybridized carbons (Fsp3) is 0.471. The van der Waals surface area contributed by atoms with E-state index in [1.54, 1.807) is 18.9 Å². The molecule has 8 nitrogen and oxygen atoms in total. The summed E-state index contributed by atoms with van der Waals surface area (Å²) in [5, 5.41) is 0. The van der Waals surface area contributed by atoms with Crippen LogP contribution in [-0.4, -0.2) is 30.3 Å². The first-order valence-corrected chi connectivity index (χ1v) is 8.45. The third-order valence-corrected chi connectivity index (χ3v) is 5.07. The highest BCUT2D eigenvalue weighted by Crippen LogP contribution is 2.26. The first-order chi connectivity index (χ1) is 12.0. The Hall–Kier alpha value is -2.77. The molecule has 2 N–H and O–H groups in total. The number of aryl methyl sites for hydroxylation is 2. The van der Waals surface area contributed by atoms with Gasteiger partial charge in [-0.3, -0.25) is 14.2 Å². The molecule has 0 aromatic carbocycles. The Bertz CT molecular complexity index is 949. The Labute approximate surface area is 144 Å². The molecule has 2 aromatic rings. The van der Waals surface area contributed by atoms with Gasteiger partial charge in [-0.2, -0.15) is 0 Å². The second-order valence-corrected chi connectivity index (χ2v) is 6.67. The lowest BCUT2D eigenvalue weighted by molar-refractivity contribution is 0.0742. The molecule has 0 radical (unpaired) electrons. The van der Waals surface area contributed by atoms with Gasteiger partial charge in [-0.1, -0.05) is 0 Å². The van der Waals surface area contributed by atoms with Gasteiger partial charge in [0.2, 0.25) is 5.95 Å². The van der Waals surface area contributed by atoms with E-state index in [0.717, 1.165) is 36.9 Å². The largest absolute Gasteiger partial charge is 0.368 e. The Morgan fingerprint density at radius 2 is 1.80 bits per heavy atom. The molecule has 0 bridgehead atoms. The summed E-state index contributed by atoms with van der Waals surface area (Å²) in [5.41, 5.74) is 9.12. The van der Waals surface area contributed by atoms with Crippen molar-refractivity contribution in [3.05, 3.63) is 44.4 Å². The minimum Gasteiger partial charge on any atom is -0.368 e. The summed E-state index contributed by atoms with van der Waals surface area (Å²) in [5.74, 6) is 0.567. The minimum atomic E-state index is -0.204. The lowest BCUT2D eigenvalue weighted by Gasteiger charge is -2.21. The van der Waals surface area contributed by atoms with Crippen molar-refractivity contribution in [3.8, 4) is 0 Å². The van der Waals surface area contributed by atoms with Crippen LogP contribution in [-0.2, 0) is 33.0 Å². The van der Waals surface area contributed by atoms with Gasteiger partial charge in [-0.05, 0) is 32.6 Å². The first-order valence-electron chi connectivity index (χ1n) is 8.45. The van der Waals surface area contributed by atoms with Gasteiger partial charge in [0.15, 0.2) is 0 Å². The lowest BCUT2D eigenvalue weighted by atomic mass is 9.94. The number of nitrogens with zero attached hydrogens (tertiary/aromatic N) is 5. The zero-order valence-electron chi connectivity index (χ0n) is 14.4. The van der Waals surface area contributed by atoms with E-state index in [2.05, 4.69) is 15.0 Å². The molecule has 0 atom stereocenters. The smallest absolute Gasteiger partial charge is 0.273 e. The second kappa shape index (κ2) is 5.65. The summed E-state index contributed by atoms with van der Waals surface area (Å²) in [6, 6.07) is 0. The number of carbonyl (C=O) groups excluding carboxylic acids is 1. The van der Waals surface area contributed by atoms with Crippen molar-refractivity contribution in [3.63, 3.8) is 0 Å². The number of fused-ring (bicyclic) bond motifs is 2. The molecule has 1 amide bonds. The van der Waals surface area contributed by atoms with Gasteiger partial charge in [0.25, 0.3) is 11.5 Å². The van der Waals surface area contributed by atoms with Crippen LogP contribution in [0.2, 0.25) is 0 Å². The van der Waals surface area contributed by atoms with Crippen molar-refractivity contribution in [1.29, 1.82) is 0 Å². The van der Waals surface area contributed by atoms with Gasteiger partial charge in [0, 0.05) is 18.3 Å². The molecule has 8 heteroatoms. The summed E-state index contributed by atoms with van der Waals surface area (Å²) in [6.45, 7) is 2.37. The van der Waals surface area contributed by atoms with Gasteiger partial charge >= 0.3 is 0 Å². The Balaban J connectivity index is 1.71. The molecule has 1 aliphatic carbocycles. The van der Waals surface area contributed by atoms with Crippen LogP contribution in [0, 0.1) is 6.92 Å². The highest BCUT2D eigenvalue weighted by molar-refractivity contribution is 5.94. The SMILES string of the molecule is Cc1nc2c(c(=O)n1C)CN(C(=O)c1nc(N)nc3c1CCCC3)C2.